The van der Waals surface area contributed by atoms with Gasteiger partial charge < -0.3 is 4.74 Å². The molecule has 0 heterocycles. The topological polar surface area (TPSA) is 9.23 Å². The molecule has 1 unspecified atom stereocenters. The van der Waals surface area contributed by atoms with Gasteiger partial charge in [0.2, 0.25) is 0 Å². The zero-order valence-electron chi connectivity index (χ0n) is 10.9. The van der Waals surface area contributed by atoms with E-state index in [-0.39, 0.29) is 0 Å². The first-order valence-electron chi connectivity index (χ1n) is 7.12. The highest BCUT2D eigenvalue weighted by Crippen LogP contribution is 2.30. The lowest BCUT2D eigenvalue weighted by Crippen LogP contribution is -2.28. The molecule has 0 aliphatic heterocycles. The summed E-state index contributed by atoms with van der Waals surface area (Å²) in [5, 5.41) is 0. The highest BCUT2D eigenvalue weighted by molar-refractivity contribution is 5.21. The Hall–Kier alpha value is -0.980. The van der Waals surface area contributed by atoms with Crippen molar-refractivity contribution in [2.75, 3.05) is 0 Å². The number of hydrogen-bond donors (Lipinski definition) is 0. The van der Waals surface area contributed by atoms with Crippen LogP contribution in [0.5, 0.6) is 5.75 Å². The van der Waals surface area contributed by atoms with Crippen LogP contribution >= 0.6 is 0 Å². The summed E-state index contributed by atoms with van der Waals surface area (Å²) in [7, 11) is 0. The molecular weight excluding hydrogens is 208 g/mol. The predicted octanol–water partition coefficient (Wildman–Crippen LogP) is 4.81. The third kappa shape index (κ3) is 3.76. The number of para-hydroxylation sites is 1. The quantitative estimate of drug-likeness (QED) is 0.707. The zero-order valence-corrected chi connectivity index (χ0v) is 10.9. The SMILES string of the molecule is CCCC(Oc1ccccc1)C1CCCCC1. The predicted molar refractivity (Wildman–Crippen MR) is 72.3 cm³/mol. The molecule has 1 nitrogen and oxygen atoms in total. The van der Waals surface area contributed by atoms with Gasteiger partial charge in [-0.3, -0.25) is 0 Å². The van der Waals surface area contributed by atoms with Crippen molar-refractivity contribution < 1.29 is 4.74 Å². The molecule has 1 aliphatic carbocycles. The molecular formula is C16H24O. The smallest absolute Gasteiger partial charge is 0.119 e. The Morgan fingerprint density at radius 1 is 1.12 bits per heavy atom. The minimum Gasteiger partial charge on any atom is -0.490 e. The summed E-state index contributed by atoms with van der Waals surface area (Å²) in [6.45, 7) is 2.25. The third-order valence-electron chi connectivity index (χ3n) is 3.78. The fraction of sp³-hybridized carbons (Fsp3) is 0.625. The number of ether oxygens (including phenoxy) is 1. The monoisotopic (exact) mass is 232 g/mol. The summed E-state index contributed by atoms with van der Waals surface area (Å²) in [6, 6.07) is 10.3. The summed E-state index contributed by atoms with van der Waals surface area (Å²) in [5.41, 5.74) is 0. The molecule has 1 aromatic rings. The van der Waals surface area contributed by atoms with Gasteiger partial charge in [0.15, 0.2) is 0 Å². The van der Waals surface area contributed by atoms with E-state index in [9.17, 15) is 0 Å². The van der Waals surface area contributed by atoms with E-state index in [4.69, 9.17) is 4.74 Å². The van der Waals surface area contributed by atoms with Crippen LogP contribution < -0.4 is 4.74 Å². The molecule has 2 rings (SSSR count). The Morgan fingerprint density at radius 2 is 1.82 bits per heavy atom. The van der Waals surface area contributed by atoms with Crippen molar-refractivity contribution in [1.82, 2.24) is 0 Å². The van der Waals surface area contributed by atoms with Crippen LogP contribution in [0.2, 0.25) is 0 Å². The molecule has 1 atom stereocenters. The Balaban J connectivity index is 1.96. The molecule has 0 amide bonds. The molecule has 1 saturated carbocycles. The van der Waals surface area contributed by atoms with Gasteiger partial charge in [-0.05, 0) is 37.3 Å². The van der Waals surface area contributed by atoms with Crippen LogP contribution in [0.25, 0.3) is 0 Å². The van der Waals surface area contributed by atoms with Crippen molar-refractivity contribution in [3.05, 3.63) is 30.3 Å². The van der Waals surface area contributed by atoms with E-state index in [1.165, 1.54) is 44.9 Å². The third-order valence-corrected chi connectivity index (χ3v) is 3.78. The lowest BCUT2D eigenvalue weighted by molar-refractivity contribution is 0.0988. The second kappa shape index (κ2) is 6.68. The normalized spacial score (nSPS) is 18.9. The van der Waals surface area contributed by atoms with Gasteiger partial charge >= 0.3 is 0 Å². The summed E-state index contributed by atoms with van der Waals surface area (Å²) in [4.78, 5) is 0. The molecule has 0 aromatic heterocycles. The molecule has 1 aromatic carbocycles. The molecule has 0 bridgehead atoms. The van der Waals surface area contributed by atoms with E-state index in [1.54, 1.807) is 0 Å². The lowest BCUT2D eigenvalue weighted by atomic mass is 9.83. The molecule has 0 radical (unpaired) electrons. The maximum Gasteiger partial charge on any atom is 0.119 e. The molecule has 0 spiro atoms. The average molecular weight is 232 g/mol. The van der Waals surface area contributed by atoms with Crippen LogP contribution in [-0.2, 0) is 0 Å². The minimum absolute atomic E-state index is 0.433. The van der Waals surface area contributed by atoms with Crippen molar-refractivity contribution in [1.29, 1.82) is 0 Å². The van der Waals surface area contributed by atoms with Crippen molar-refractivity contribution in [3.63, 3.8) is 0 Å². The Labute approximate surface area is 105 Å². The lowest BCUT2D eigenvalue weighted by Gasteiger charge is -2.30. The van der Waals surface area contributed by atoms with Gasteiger partial charge in [0, 0.05) is 0 Å². The Morgan fingerprint density at radius 3 is 2.47 bits per heavy atom. The average Bonchev–Trinajstić information content (AvgIpc) is 2.40. The maximum absolute atomic E-state index is 6.19. The number of rotatable bonds is 5. The van der Waals surface area contributed by atoms with E-state index < -0.39 is 0 Å². The standard InChI is InChI=1S/C16H24O/c1-2-9-16(14-10-5-3-6-11-14)17-15-12-7-4-8-13-15/h4,7-8,12-14,16H,2-3,5-6,9-11H2,1H3. The van der Waals surface area contributed by atoms with E-state index in [0.717, 1.165) is 11.7 Å². The van der Waals surface area contributed by atoms with Gasteiger partial charge in [0.25, 0.3) is 0 Å². The fourth-order valence-electron chi connectivity index (χ4n) is 2.86. The first kappa shape index (κ1) is 12.5. The second-order valence-electron chi connectivity index (χ2n) is 5.16. The summed E-state index contributed by atoms with van der Waals surface area (Å²) in [5.74, 6) is 1.82. The highest BCUT2D eigenvalue weighted by atomic mass is 16.5. The van der Waals surface area contributed by atoms with Crippen LogP contribution in [0.1, 0.15) is 51.9 Å². The minimum atomic E-state index is 0.433. The second-order valence-corrected chi connectivity index (χ2v) is 5.16. The summed E-state index contributed by atoms with van der Waals surface area (Å²) in [6.07, 6.45) is 9.76. The van der Waals surface area contributed by atoms with E-state index in [0.29, 0.717) is 6.10 Å². The van der Waals surface area contributed by atoms with Crippen molar-refractivity contribution in [2.24, 2.45) is 5.92 Å². The van der Waals surface area contributed by atoms with E-state index >= 15 is 0 Å². The van der Waals surface area contributed by atoms with Crippen LogP contribution in [0, 0.1) is 5.92 Å². The van der Waals surface area contributed by atoms with Crippen LogP contribution in [0.3, 0.4) is 0 Å². The van der Waals surface area contributed by atoms with Gasteiger partial charge in [0.1, 0.15) is 11.9 Å². The summed E-state index contributed by atoms with van der Waals surface area (Å²) >= 11 is 0. The van der Waals surface area contributed by atoms with Crippen molar-refractivity contribution >= 4 is 0 Å². The van der Waals surface area contributed by atoms with E-state index in [1.807, 2.05) is 6.07 Å². The number of hydrogen-bond acceptors (Lipinski definition) is 1. The first-order chi connectivity index (χ1) is 8.40. The van der Waals surface area contributed by atoms with Crippen LogP contribution in [0.15, 0.2) is 30.3 Å². The molecule has 1 aliphatic rings. The van der Waals surface area contributed by atoms with E-state index in [2.05, 4.69) is 31.2 Å². The zero-order chi connectivity index (χ0) is 11.9. The van der Waals surface area contributed by atoms with Gasteiger partial charge in [-0.1, -0.05) is 50.8 Å². The number of benzene rings is 1. The molecule has 0 saturated heterocycles. The van der Waals surface area contributed by atoms with Gasteiger partial charge in [-0.2, -0.15) is 0 Å². The fourth-order valence-corrected chi connectivity index (χ4v) is 2.86. The van der Waals surface area contributed by atoms with Crippen molar-refractivity contribution in [3.8, 4) is 5.75 Å². The Kier molecular flexibility index (Phi) is 4.90. The summed E-state index contributed by atoms with van der Waals surface area (Å²) < 4.78 is 6.19. The molecule has 94 valence electrons. The Bertz CT molecular complexity index is 301. The van der Waals surface area contributed by atoms with Gasteiger partial charge in [0.05, 0.1) is 0 Å². The van der Waals surface area contributed by atoms with Crippen LogP contribution in [0.4, 0.5) is 0 Å². The largest absolute Gasteiger partial charge is 0.490 e. The van der Waals surface area contributed by atoms with Crippen LogP contribution in [-0.4, -0.2) is 6.10 Å². The molecule has 0 N–H and O–H groups in total. The molecule has 17 heavy (non-hydrogen) atoms. The maximum atomic E-state index is 6.19. The molecule has 1 fully saturated rings. The molecule has 1 heteroatoms. The van der Waals surface area contributed by atoms with Gasteiger partial charge in [-0.25, -0.2) is 0 Å². The van der Waals surface area contributed by atoms with Crippen molar-refractivity contribution in [2.45, 2.75) is 58.0 Å². The first-order valence-corrected chi connectivity index (χ1v) is 7.12. The highest BCUT2D eigenvalue weighted by Gasteiger charge is 2.24. The van der Waals surface area contributed by atoms with Gasteiger partial charge in [-0.15, -0.1) is 0 Å².